The molecule has 1 aromatic heterocycles. The third kappa shape index (κ3) is 3.64. The summed E-state index contributed by atoms with van der Waals surface area (Å²) in [5.41, 5.74) is 3.05. The van der Waals surface area contributed by atoms with Crippen molar-refractivity contribution in [1.29, 1.82) is 0 Å². The number of ether oxygens (including phenoxy) is 1. The molecule has 6 heteroatoms. The molecule has 0 aliphatic carbocycles. The van der Waals surface area contributed by atoms with Gasteiger partial charge in [-0.05, 0) is 31.2 Å². The fourth-order valence-corrected chi connectivity index (χ4v) is 3.51. The summed E-state index contributed by atoms with van der Waals surface area (Å²) in [6, 6.07) is 17.8. The minimum absolute atomic E-state index is 0.00773. The summed E-state index contributed by atoms with van der Waals surface area (Å²) in [6.45, 7) is 4.27. The molecule has 4 rings (SSSR count). The Kier molecular flexibility index (Phi) is 5.12. The molecular weight excluding hydrogens is 352 g/mol. The van der Waals surface area contributed by atoms with Crippen molar-refractivity contribution in [3.63, 3.8) is 0 Å². The van der Waals surface area contributed by atoms with Crippen LogP contribution < -0.4 is 10.1 Å². The van der Waals surface area contributed by atoms with E-state index >= 15 is 0 Å². The molecule has 0 saturated carbocycles. The predicted molar refractivity (Wildman–Crippen MR) is 109 cm³/mol. The molecule has 3 aromatic rings. The van der Waals surface area contributed by atoms with Crippen molar-refractivity contribution in [2.24, 2.45) is 0 Å². The number of nitrogens with zero attached hydrogens (tertiary/aromatic N) is 3. The van der Waals surface area contributed by atoms with Gasteiger partial charge in [-0.3, -0.25) is 4.79 Å². The number of nitrogens with one attached hydrogen (secondary N) is 1. The fraction of sp³-hybridized carbons (Fsp3) is 0.273. The molecular formula is C22H24N4O2. The van der Waals surface area contributed by atoms with Crippen LogP contribution in [-0.4, -0.2) is 53.4 Å². The molecule has 1 aliphatic heterocycles. The summed E-state index contributed by atoms with van der Waals surface area (Å²) in [4.78, 5) is 15.3. The van der Waals surface area contributed by atoms with Crippen LogP contribution in [0.3, 0.4) is 0 Å². The normalized spacial score (nSPS) is 16.8. The number of hydrogen-bond donors (Lipinski definition) is 1. The second-order valence-electron chi connectivity index (χ2n) is 7.01. The molecule has 1 unspecified atom stereocenters. The molecule has 1 N–H and O–H groups in total. The molecule has 1 saturated heterocycles. The van der Waals surface area contributed by atoms with E-state index in [1.165, 1.54) is 0 Å². The van der Waals surface area contributed by atoms with Crippen molar-refractivity contribution in [3.05, 3.63) is 66.4 Å². The first kappa shape index (κ1) is 18.3. The van der Waals surface area contributed by atoms with Gasteiger partial charge in [0.1, 0.15) is 11.4 Å². The summed E-state index contributed by atoms with van der Waals surface area (Å²) < 4.78 is 7.13. The highest BCUT2D eigenvalue weighted by atomic mass is 16.5. The molecule has 2 aromatic carbocycles. The zero-order valence-corrected chi connectivity index (χ0v) is 16.1. The molecule has 1 amide bonds. The van der Waals surface area contributed by atoms with Crippen molar-refractivity contribution in [2.45, 2.75) is 13.0 Å². The summed E-state index contributed by atoms with van der Waals surface area (Å²) in [7, 11) is 1.63. The van der Waals surface area contributed by atoms with E-state index < -0.39 is 0 Å². The van der Waals surface area contributed by atoms with Gasteiger partial charge in [-0.25, -0.2) is 4.68 Å². The Morgan fingerprint density at radius 3 is 2.75 bits per heavy atom. The van der Waals surface area contributed by atoms with Crippen LogP contribution in [0, 0.1) is 0 Å². The lowest BCUT2D eigenvalue weighted by Crippen LogP contribution is -2.51. The lowest BCUT2D eigenvalue weighted by molar-refractivity contribution is 0.0710. The van der Waals surface area contributed by atoms with Crippen LogP contribution in [0.15, 0.2) is 60.8 Å². The molecule has 144 valence electrons. The first-order valence-corrected chi connectivity index (χ1v) is 9.48. The van der Waals surface area contributed by atoms with Gasteiger partial charge in [0.2, 0.25) is 0 Å². The minimum atomic E-state index is 0.00773. The number of benzene rings is 2. The third-order valence-electron chi connectivity index (χ3n) is 4.96. The van der Waals surface area contributed by atoms with Gasteiger partial charge in [0, 0.05) is 37.4 Å². The zero-order chi connectivity index (χ0) is 19.5. The van der Waals surface area contributed by atoms with Crippen molar-refractivity contribution in [1.82, 2.24) is 20.0 Å². The average molecular weight is 376 g/mol. The largest absolute Gasteiger partial charge is 0.497 e. The molecule has 0 bridgehead atoms. The van der Waals surface area contributed by atoms with E-state index in [-0.39, 0.29) is 11.9 Å². The van der Waals surface area contributed by atoms with Crippen LogP contribution in [0.1, 0.15) is 17.3 Å². The third-order valence-corrected chi connectivity index (χ3v) is 4.96. The fourth-order valence-electron chi connectivity index (χ4n) is 3.51. The number of carbonyl (C=O) groups is 1. The highest BCUT2D eigenvalue weighted by Gasteiger charge is 2.26. The Morgan fingerprint density at radius 1 is 1.18 bits per heavy atom. The summed E-state index contributed by atoms with van der Waals surface area (Å²) >= 11 is 0. The number of amides is 1. The van der Waals surface area contributed by atoms with E-state index in [9.17, 15) is 4.79 Å². The number of piperazine rings is 1. The summed E-state index contributed by atoms with van der Waals surface area (Å²) in [5.74, 6) is 0.745. The number of para-hydroxylation sites is 1. The van der Waals surface area contributed by atoms with Crippen molar-refractivity contribution in [3.8, 4) is 22.7 Å². The van der Waals surface area contributed by atoms with Crippen LogP contribution in [-0.2, 0) is 0 Å². The van der Waals surface area contributed by atoms with Crippen LogP contribution in [0.2, 0.25) is 0 Å². The molecule has 0 radical (unpaired) electrons. The lowest BCUT2D eigenvalue weighted by atomic mass is 10.1. The van der Waals surface area contributed by atoms with Gasteiger partial charge in [0.15, 0.2) is 0 Å². The quantitative estimate of drug-likeness (QED) is 0.761. The van der Waals surface area contributed by atoms with Gasteiger partial charge in [-0.1, -0.05) is 30.3 Å². The predicted octanol–water partition coefficient (Wildman–Crippen LogP) is 2.98. The summed E-state index contributed by atoms with van der Waals surface area (Å²) in [6.07, 6.45) is 1.83. The van der Waals surface area contributed by atoms with E-state index in [1.807, 2.05) is 65.7 Å². The molecule has 2 heterocycles. The van der Waals surface area contributed by atoms with Crippen molar-refractivity contribution < 1.29 is 9.53 Å². The number of methoxy groups -OCH3 is 1. The lowest BCUT2D eigenvalue weighted by Gasteiger charge is -2.31. The molecule has 1 aliphatic rings. The highest BCUT2D eigenvalue weighted by Crippen LogP contribution is 2.28. The Labute approximate surface area is 164 Å². The maximum Gasteiger partial charge on any atom is 0.257 e. The van der Waals surface area contributed by atoms with E-state index in [0.29, 0.717) is 24.3 Å². The van der Waals surface area contributed by atoms with Gasteiger partial charge in [0.25, 0.3) is 5.91 Å². The number of hydrogen-bond acceptors (Lipinski definition) is 4. The smallest absolute Gasteiger partial charge is 0.257 e. The monoisotopic (exact) mass is 376 g/mol. The molecule has 6 nitrogen and oxygen atoms in total. The molecule has 28 heavy (non-hydrogen) atoms. The van der Waals surface area contributed by atoms with Gasteiger partial charge < -0.3 is 15.0 Å². The second-order valence-corrected chi connectivity index (χ2v) is 7.01. The molecule has 1 atom stereocenters. The van der Waals surface area contributed by atoms with Gasteiger partial charge in [0.05, 0.1) is 18.4 Å². The van der Waals surface area contributed by atoms with E-state index in [4.69, 9.17) is 9.84 Å². The van der Waals surface area contributed by atoms with Gasteiger partial charge in [-0.2, -0.15) is 5.10 Å². The van der Waals surface area contributed by atoms with Gasteiger partial charge in [-0.15, -0.1) is 0 Å². The van der Waals surface area contributed by atoms with Gasteiger partial charge >= 0.3 is 0 Å². The Morgan fingerprint density at radius 2 is 2.00 bits per heavy atom. The van der Waals surface area contributed by atoms with Crippen LogP contribution in [0.5, 0.6) is 5.75 Å². The number of rotatable bonds is 4. The summed E-state index contributed by atoms with van der Waals surface area (Å²) in [5, 5.41) is 8.14. The highest BCUT2D eigenvalue weighted by molar-refractivity contribution is 6.00. The van der Waals surface area contributed by atoms with E-state index in [2.05, 4.69) is 12.2 Å². The minimum Gasteiger partial charge on any atom is -0.497 e. The Hall–Kier alpha value is -3.12. The molecule has 0 spiro atoms. The van der Waals surface area contributed by atoms with Crippen LogP contribution in [0.25, 0.3) is 16.9 Å². The SMILES string of the molecule is COc1cccc(-c2nn(-c3ccccc3)cc2C(=O)N2CCNC(C)C2)c1. The topological polar surface area (TPSA) is 59.4 Å². The number of aromatic nitrogens is 2. The maximum atomic E-state index is 13.4. The van der Waals surface area contributed by atoms with Crippen LogP contribution in [0.4, 0.5) is 0 Å². The first-order valence-electron chi connectivity index (χ1n) is 9.48. The molecule has 1 fully saturated rings. The first-order chi connectivity index (χ1) is 13.7. The average Bonchev–Trinajstić information content (AvgIpc) is 3.19. The van der Waals surface area contributed by atoms with Crippen molar-refractivity contribution >= 4 is 5.91 Å². The Bertz CT molecular complexity index is 968. The maximum absolute atomic E-state index is 13.4. The Balaban J connectivity index is 1.78. The van der Waals surface area contributed by atoms with E-state index in [0.717, 1.165) is 23.5 Å². The second kappa shape index (κ2) is 7.86. The van der Waals surface area contributed by atoms with Crippen LogP contribution >= 0.6 is 0 Å². The van der Waals surface area contributed by atoms with E-state index in [1.54, 1.807) is 11.8 Å². The standard InChI is InChI=1S/C22H24N4O2/c1-16-14-25(12-11-23-16)22(27)20-15-26(18-8-4-3-5-9-18)24-21(20)17-7-6-10-19(13-17)28-2/h3-10,13,15-16,23H,11-12,14H2,1-2H3. The zero-order valence-electron chi connectivity index (χ0n) is 16.1. The number of carbonyl (C=O) groups excluding carboxylic acids is 1. The van der Waals surface area contributed by atoms with Crippen molar-refractivity contribution in [2.75, 3.05) is 26.7 Å².